The molecule has 3 heteroatoms. The topological polar surface area (TPSA) is 49.7 Å². The predicted molar refractivity (Wildman–Crippen MR) is 48.3 cm³/mol. The van der Waals surface area contributed by atoms with Gasteiger partial charge in [-0.25, -0.2) is 0 Å². The van der Waals surface area contributed by atoms with Gasteiger partial charge in [-0.15, -0.1) is 0 Å². The standard InChI is InChI=1S/C10H16O3/c1-6(2)10-5-4-9(3,13-10)7(11)8(10)12/h7-8,11-12H,1,4-5H2,2-3H3/t7-,8+,9-,10-/m0/s1. The van der Waals surface area contributed by atoms with Crippen molar-refractivity contribution in [3.63, 3.8) is 0 Å². The van der Waals surface area contributed by atoms with Crippen LogP contribution in [0.5, 0.6) is 0 Å². The first-order valence-electron chi connectivity index (χ1n) is 4.65. The van der Waals surface area contributed by atoms with Crippen LogP contribution in [0.25, 0.3) is 0 Å². The van der Waals surface area contributed by atoms with Gasteiger partial charge < -0.3 is 14.9 Å². The van der Waals surface area contributed by atoms with Gasteiger partial charge in [0.1, 0.15) is 17.8 Å². The van der Waals surface area contributed by atoms with E-state index in [0.29, 0.717) is 0 Å². The van der Waals surface area contributed by atoms with Gasteiger partial charge in [0.15, 0.2) is 0 Å². The Labute approximate surface area is 78.0 Å². The van der Waals surface area contributed by atoms with Crippen molar-refractivity contribution in [1.29, 1.82) is 0 Å². The molecule has 2 aliphatic heterocycles. The lowest BCUT2D eigenvalue weighted by Crippen LogP contribution is -2.48. The summed E-state index contributed by atoms with van der Waals surface area (Å²) >= 11 is 0. The Morgan fingerprint density at radius 1 is 1.38 bits per heavy atom. The summed E-state index contributed by atoms with van der Waals surface area (Å²) in [7, 11) is 0. The normalized spacial score (nSPS) is 54.2. The number of fused-ring (bicyclic) bond motifs is 2. The number of hydrogen-bond acceptors (Lipinski definition) is 3. The maximum Gasteiger partial charge on any atom is 0.118 e. The fraction of sp³-hybridized carbons (Fsp3) is 0.800. The summed E-state index contributed by atoms with van der Waals surface area (Å²) in [6.45, 7) is 7.51. The molecule has 2 heterocycles. The van der Waals surface area contributed by atoms with Crippen molar-refractivity contribution >= 4 is 0 Å². The lowest BCUT2D eigenvalue weighted by molar-refractivity contribution is -0.0513. The van der Waals surface area contributed by atoms with Gasteiger partial charge in [0.25, 0.3) is 0 Å². The Kier molecular flexibility index (Phi) is 1.66. The summed E-state index contributed by atoms with van der Waals surface area (Å²) in [6, 6.07) is 0. The third-order valence-electron chi connectivity index (χ3n) is 3.53. The fourth-order valence-corrected chi connectivity index (χ4v) is 2.51. The van der Waals surface area contributed by atoms with Crippen molar-refractivity contribution in [2.75, 3.05) is 0 Å². The molecule has 0 spiro atoms. The second kappa shape index (κ2) is 2.35. The molecule has 0 aromatic heterocycles. The molecule has 0 amide bonds. The first-order chi connectivity index (χ1) is 5.92. The molecule has 3 nitrogen and oxygen atoms in total. The lowest BCUT2D eigenvalue weighted by Gasteiger charge is -2.32. The van der Waals surface area contributed by atoms with Gasteiger partial charge >= 0.3 is 0 Å². The lowest BCUT2D eigenvalue weighted by atomic mass is 9.76. The van der Waals surface area contributed by atoms with Crippen LogP contribution in [0.15, 0.2) is 12.2 Å². The number of aliphatic hydroxyl groups is 2. The second-order valence-electron chi connectivity index (χ2n) is 4.47. The van der Waals surface area contributed by atoms with E-state index in [4.69, 9.17) is 4.74 Å². The summed E-state index contributed by atoms with van der Waals surface area (Å²) in [6.07, 6.45) is -0.0449. The van der Waals surface area contributed by atoms with Gasteiger partial charge in [0, 0.05) is 0 Å². The molecule has 2 rings (SSSR count). The van der Waals surface area contributed by atoms with Gasteiger partial charge in [-0.05, 0) is 32.3 Å². The molecule has 0 aliphatic carbocycles. The van der Waals surface area contributed by atoms with E-state index in [-0.39, 0.29) is 0 Å². The summed E-state index contributed by atoms with van der Waals surface area (Å²) in [5.41, 5.74) is -0.452. The summed E-state index contributed by atoms with van der Waals surface area (Å²) in [4.78, 5) is 0. The maximum atomic E-state index is 9.84. The van der Waals surface area contributed by atoms with Crippen LogP contribution < -0.4 is 0 Å². The average Bonchev–Trinajstić information content (AvgIpc) is 2.50. The SMILES string of the molecule is C=C(C)[C@]12CC[C@](C)(O1)[C@@H](O)[C@H]2O. The molecule has 13 heavy (non-hydrogen) atoms. The molecule has 4 atom stereocenters. The predicted octanol–water partition coefficient (Wildman–Crippen LogP) is 0.606. The van der Waals surface area contributed by atoms with E-state index in [1.165, 1.54) is 0 Å². The third kappa shape index (κ3) is 0.897. The zero-order valence-corrected chi connectivity index (χ0v) is 8.08. The van der Waals surface area contributed by atoms with Crippen LogP contribution in [0.3, 0.4) is 0 Å². The van der Waals surface area contributed by atoms with Crippen LogP contribution in [0, 0.1) is 0 Å². The highest BCUT2D eigenvalue weighted by atomic mass is 16.6. The molecule has 0 saturated carbocycles. The minimum Gasteiger partial charge on any atom is -0.387 e. The summed E-state index contributed by atoms with van der Waals surface area (Å²) in [5.74, 6) is 0. The maximum absolute atomic E-state index is 9.84. The minimum absolute atomic E-state index is 0.571. The van der Waals surface area contributed by atoms with E-state index in [1.807, 2.05) is 13.8 Å². The van der Waals surface area contributed by atoms with E-state index >= 15 is 0 Å². The van der Waals surface area contributed by atoms with E-state index in [2.05, 4.69) is 6.58 Å². The van der Waals surface area contributed by atoms with E-state index in [9.17, 15) is 10.2 Å². The molecular weight excluding hydrogens is 168 g/mol. The molecule has 0 aromatic carbocycles. The van der Waals surface area contributed by atoms with Crippen molar-refractivity contribution in [2.24, 2.45) is 0 Å². The Morgan fingerprint density at radius 2 is 2.00 bits per heavy atom. The Hall–Kier alpha value is -0.380. The van der Waals surface area contributed by atoms with Crippen molar-refractivity contribution < 1.29 is 14.9 Å². The van der Waals surface area contributed by atoms with E-state index in [1.54, 1.807) is 0 Å². The van der Waals surface area contributed by atoms with Gasteiger partial charge in [-0.1, -0.05) is 6.58 Å². The molecule has 74 valence electrons. The zero-order valence-electron chi connectivity index (χ0n) is 8.08. The van der Waals surface area contributed by atoms with Gasteiger partial charge in [-0.3, -0.25) is 0 Å². The Bertz CT molecular complexity index is 263. The molecule has 2 bridgehead atoms. The first-order valence-corrected chi connectivity index (χ1v) is 4.65. The van der Waals surface area contributed by atoms with Gasteiger partial charge in [0.05, 0.1) is 5.60 Å². The molecule has 0 radical (unpaired) electrons. The van der Waals surface area contributed by atoms with Crippen LogP contribution in [0.2, 0.25) is 0 Å². The van der Waals surface area contributed by atoms with Gasteiger partial charge in [0.2, 0.25) is 0 Å². The third-order valence-corrected chi connectivity index (χ3v) is 3.53. The summed E-state index contributed by atoms with van der Waals surface area (Å²) < 4.78 is 5.73. The van der Waals surface area contributed by atoms with Crippen LogP contribution in [-0.2, 0) is 4.74 Å². The quantitative estimate of drug-likeness (QED) is 0.587. The number of rotatable bonds is 1. The molecule has 0 unspecified atom stereocenters. The van der Waals surface area contributed by atoms with Gasteiger partial charge in [-0.2, -0.15) is 0 Å². The van der Waals surface area contributed by atoms with Crippen LogP contribution >= 0.6 is 0 Å². The molecule has 2 aliphatic rings. The second-order valence-corrected chi connectivity index (χ2v) is 4.47. The molecule has 2 fully saturated rings. The number of aliphatic hydroxyl groups excluding tert-OH is 2. The number of hydrogen-bond donors (Lipinski definition) is 2. The minimum atomic E-state index is -0.816. The van der Waals surface area contributed by atoms with Crippen LogP contribution in [0.4, 0.5) is 0 Å². The summed E-state index contributed by atoms with van der Waals surface area (Å²) in [5, 5.41) is 19.6. The van der Waals surface area contributed by atoms with E-state index in [0.717, 1.165) is 18.4 Å². The highest BCUT2D eigenvalue weighted by Crippen LogP contribution is 2.53. The first kappa shape index (κ1) is 9.19. The highest BCUT2D eigenvalue weighted by molar-refractivity contribution is 5.26. The smallest absolute Gasteiger partial charge is 0.118 e. The monoisotopic (exact) mass is 184 g/mol. The van der Waals surface area contributed by atoms with Crippen molar-refractivity contribution in [3.8, 4) is 0 Å². The van der Waals surface area contributed by atoms with Crippen molar-refractivity contribution in [1.82, 2.24) is 0 Å². The molecule has 2 saturated heterocycles. The fourth-order valence-electron chi connectivity index (χ4n) is 2.51. The zero-order chi connectivity index (χ0) is 9.85. The van der Waals surface area contributed by atoms with Crippen molar-refractivity contribution in [2.45, 2.75) is 50.1 Å². The highest BCUT2D eigenvalue weighted by Gasteiger charge is 2.65. The molecule has 2 N–H and O–H groups in total. The van der Waals surface area contributed by atoms with Crippen LogP contribution in [-0.4, -0.2) is 33.6 Å². The molecular formula is C10H16O3. The Balaban J connectivity index is 2.40. The van der Waals surface area contributed by atoms with Crippen molar-refractivity contribution in [3.05, 3.63) is 12.2 Å². The van der Waals surface area contributed by atoms with E-state index < -0.39 is 23.4 Å². The Morgan fingerprint density at radius 3 is 2.31 bits per heavy atom. The van der Waals surface area contributed by atoms with Crippen LogP contribution in [0.1, 0.15) is 26.7 Å². The average molecular weight is 184 g/mol. The number of ether oxygens (including phenoxy) is 1. The molecule has 0 aromatic rings. The largest absolute Gasteiger partial charge is 0.387 e.